The van der Waals surface area contributed by atoms with E-state index in [2.05, 4.69) is 26.0 Å². The van der Waals surface area contributed by atoms with Crippen molar-refractivity contribution in [2.24, 2.45) is 0 Å². The second kappa shape index (κ2) is 8.00. The van der Waals surface area contributed by atoms with Crippen molar-refractivity contribution in [1.82, 2.24) is 4.72 Å². The third-order valence-corrected chi connectivity index (χ3v) is 5.86. The molecule has 0 atom stereocenters. The zero-order valence-electron chi connectivity index (χ0n) is 15.9. The standard InChI is InChI=1S/C19H23BrN2O4S/c1-12-10-14(20)7-8-15(12)21-18(23)13-6-9-16(26-5)17(11-13)27(24,25)22-19(2,3)4/h6-11,22H,1-5H3,(H,21,23). The number of ether oxygens (including phenoxy) is 1. The summed E-state index contributed by atoms with van der Waals surface area (Å²) in [5.74, 6) is -0.238. The molecule has 0 heterocycles. The van der Waals surface area contributed by atoms with E-state index in [-0.39, 0.29) is 16.2 Å². The first kappa shape index (κ1) is 21.4. The van der Waals surface area contributed by atoms with Gasteiger partial charge in [0.15, 0.2) is 0 Å². The normalized spacial score (nSPS) is 11.9. The molecule has 0 aliphatic heterocycles. The van der Waals surface area contributed by atoms with Crippen LogP contribution in [0.4, 0.5) is 5.69 Å². The molecule has 146 valence electrons. The van der Waals surface area contributed by atoms with E-state index >= 15 is 0 Å². The third kappa shape index (κ3) is 5.54. The molecule has 2 rings (SSSR count). The number of benzene rings is 2. The Morgan fingerprint density at radius 2 is 1.78 bits per heavy atom. The molecule has 2 N–H and O–H groups in total. The van der Waals surface area contributed by atoms with Gasteiger partial charge >= 0.3 is 0 Å². The van der Waals surface area contributed by atoms with Gasteiger partial charge in [-0.1, -0.05) is 15.9 Å². The number of carbonyl (C=O) groups is 1. The minimum atomic E-state index is -3.86. The van der Waals surface area contributed by atoms with Gasteiger partial charge in [-0.25, -0.2) is 13.1 Å². The largest absolute Gasteiger partial charge is 0.495 e. The van der Waals surface area contributed by atoms with E-state index in [1.807, 2.05) is 19.1 Å². The Morgan fingerprint density at radius 1 is 1.11 bits per heavy atom. The fourth-order valence-corrected chi connectivity index (χ4v) is 4.54. The highest BCUT2D eigenvalue weighted by molar-refractivity contribution is 9.10. The van der Waals surface area contributed by atoms with Gasteiger partial charge in [0, 0.05) is 21.3 Å². The molecule has 0 fully saturated rings. The number of hydrogen-bond donors (Lipinski definition) is 2. The van der Waals surface area contributed by atoms with E-state index in [0.717, 1.165) is 10.0 Å². The summed E-state index contributed by atoms with van der Waals surface area (Å²) >= 11 is 3.38. The molecule has 1 amide bonds. The molecule has 2 aromatic rings. The van der Waals surface area contributed by atoms with Gasteiger partial charge < -0.3 is 10.1 Å². The number of methoxy groups -OCH3 is 1. The number of sulfonamides is 1. The summed E-state index contributed by atoms with van der Waals surface area (Å²) in [5, 5.41) is 2.80. The van der Waals surface area contributed by atoms with Crippen LogP contribution in [0.1, 0.15) is 36.7 Å². The van der Waals surface area contributed by atoms with E-state index in [0.29, 0.717) is 5.69 Å². The van der Waals surface area contributed by atoms with Gasteiger partial charge in [0.05, 0.1) is 7.11 Å². The van der Waals surface area contributed by atoms with Gasteiger partial charge in [-0.05, 0) is 69.7 Å². The van der Waals surface area contributed by atoms with Gasteiger partial charge in [0.2, 0.25) is 10.0 Å². The van der Waals surface area contributed by atoms with E-state index in [1.54, 1.807) is 26.8 Å². The maximum atomic E-state index is 12.7. The summed E-state index contributed by atoms with van der Waals surface area (Å²) < 4.78 is 34.1. The van der Waals surface area contributed by atoms with Gasteiger partial charge in [-0.2, -0.15) is 0 Å². The Hall–Kier alpha value is -1.90. The number of rotatable bonds is 5. The van der Waals surface area contributed by atoms with Crippen LogP contribution in [0.5, 0.6) is 5.75 Å². The molecule has 0 aliphatic carbocycles. The van der Waals surface area contributed by atoms with Crippen LogP contribution in [0.3, 0.4) is 0 Å². The summed E-state index contributed by atoms with van der Waals surface area (Å²) in [6, 6.07) is 9.79. The average Bonchev–Trinajstić information content (AvgIpc) is 2.54. The van der Waals surface area contributed by atoms with Crippen molar-refractivity contribution in [3.05, 3.63) is 52.0 Å². The number of halogens is 1. The van der Waals surface area contributed by atoms with Gasteiger partial charge in [0.25, 0.3) is 5.91 Å². The molecule has 0 spiro atoms. The Balaban J connectivity index is 2.40. The lowest BCUT2D eigenvalue weighted by Gasteiger charge is -2.21. The van der Waals surface area contributed by atoms with Crippen molar-refractivity contribution in [3.8, 4) is 5.75 Å². The minimum absolute atomic E-state index is 0.0832. The summed E-state index contributed by atoms with van der Waals surface area (Å²) in [6.45, 7) is 7.09. The molecule has 2 aromatic carbocycles. The molecule has 0 aliphatic rings. The summed E-state index contributed by atoms with van der Waals surface area (Å²) in [5.41, 5.74) is 1.08. The zero-order chi connectivity index (χ0) is 20.4. The van der Waals surface area contributed by atoms with E-state index < -0.39 is 21.5 Å². The number of anilines is 1. The Bertz CT molecular complexity index is 966. The highest BCUT2D eigenvalue weighted by Gasteiger charge is 2.26. The van der Waals surface area contributed by atoms with E-state index in [1.165, 1.54) is 25.3 Å². The quantitative estimate of drug-likeness (QED) is 0.711. The lowest BCUT2D eigenvalue weighted by molar-refractivity contribution is 0.102. The summed E-state index contributed by atoms with van der Waals surface area (Å²) in [7, 11) is -2.48. The van der Waals surface area contributed by atoms with Crippen molar-refractivity contribution >= 4 is 37.5 Å². The number of aryl methyl sites for hydroxylation is 1. The maximum Gasteiger partial charge on any atom is 0.255 e. The smallest absolute Gasteiger partial charge is 0.255 e. The predicted molar refractivity (Wildman–Crippen MR) is 110 cm³/mol. The molecule has 0 saturated heterocycles. The molecule has 0 radical (unpaired) electrons. The lowest BCUT2D eigenvalue weighted by atomic mass is 10.1. The molecule has 6 nitrogen and oxygen atoms in total. The fraction of sp³-hybridized carbons (Fsp3) is 0.316. The van der Waals surface area contributed by atoms with E-state index in [4.69, 9.17) is 4.74 Å². The first-order valence-electron chi connectivity index (χ1n) is 8.22. The van der Waals surface area contributed by atoms with Crippen LogP contribution in [-0.2, 0) is 10.0 Å². The molecule has 8 heteroatoms. The molecular formula is C19H23BrN2O4S. The van der Waals surface area contributed by atoms with Crippen LogP contribution >= 0.6 is 15.9 Å². The highest BCUT2D eigenvalue weighted by atomic mass is 79.9. The van der Waals surface area contributed by atoms with Gasteiger partial charge in [-0.15, -0.1) is 0 Å². The monoisotopic (exact) mass is 454 g/mol. The zero-order valence-corrected chi connectivity index (χ0v) is 18.3. The SMILES string of the molecule is COc1ccc(C(=O)Nc2ccc(Br)cc2C)cc1S(=O)(=O)NC(C)(C)C. The van der Waals surface area contributed by atoms with Crippen molar-refractivity contribution in [2.75, 3.05) is 12.4 Å². The molecule has 27 heavy (non-hydrogen) atoms. The van der Waals surface area contributed by atoms with Crippen molar-refractivity contribution in [3.63, 3.8) is 0 Å². The predicted octanol–water partition coefficient (Wildman–Crippen LogP) is 4.10. The number of hydrogen-bond acceptors (Lipinski definition) is 4. The van der Waals surface area contributed by atoms with Crippen LogP contribution in [-0.4, -0.2) is 27.0 Å². The summed E-state index contributed by atoms with van der Waals surface area (Å²) in [4.78, 5) is 12.6. The fourth-order valence-electron chi connectivity index (χ4n) is 2.45. The summed E-state index contributed by atoms with van der Waals surface area (Å²) in [6.07, 6.45) is 0. The van der Waals surface area contributed by atoms with Crippen LogP contribution in [0, 0.1) is 6.92 Å². The molecule has 0 bridgehead atoms. The third-order valence-electron chi connectivity index (χ3n) is 3.59. The molecular weight excluding hydrogens is 432 g/mol. The molecule has 0 aromatic heterocycles. The number of nitrogens with one attached hydrogen (secondary N) is 2. The molecule has 0 unspecified atom stereocenters. The second-order valence-electron chi connectivity index (χ2n) is 7.13. The average molecular weight is 455 g/mol. The van der Waals surface area contributed by atoms with Crippen molar-refractivity contribution in [1.29, 1.82) is 0 Å². The van der Waals surface area contributed by atoms with Crippen molar-refractivity contribution in [2.45, 2.75) is 38.1 Å². The van der Waals surface area contributed by atoms with Crippen LogP contribution < -0.4 is 14.8 Å². The maximum absolute atomic E-state index is 12.7. The lowest BCUT2D eigenvalue weighted by Crippen LogP contribution is -2.40. The number of amides is 1. The van der Waals surface area contributed by atoms with E-state index in [9.17, 15) is 13.2 Å². The van der Waals surface area contributed by atoms with Crippen molar-refractivity contribution < 1.29 is 17.9 Å². The van der Waals surface area contributed by atoms with Crippen LogP contribution in [0.2, 0.25) is 0 Å². The van der Waals surface area contributed by atoms with Gasteiger partial charge in [-0.3, -0.25) is 4.79 Å². The van der Waals surface area contributed by atoms with Gasteiger partial charge in [0.1, 0.15) is 10.6 Å². The Morgan fingerprint density at radius 3 is 2.33 bits per heavy atom. The molecule has 0 saturated carbocycles. The Labute approximate surface area is 168 Å². The topological polar surface area (TPSA) is 84.5 Å². The first-order valence-corrected chi connectivity index (χ1v) is 10.5. The Kier molecular flexibility index (Phi) is 6.34. The second-order valence-corrected chi connectivity index (χ2v) is 9.70. The van der Waals surface area contributed by atoms with Crippen LogP contribution in [0.25, 0.3) is 0 Å². The minimum Gasteiger partial charge on any atom is -0.495 e. The highest BCUT2D eigenvalue weighted by Crippen LogP contribution is 2.27. The number of carbonyl (C=O) groups excluding carboxylic acids is 1. The van der Waals surface area contributed by atoms with Crippen LogP contribution in [0.15, 0.2) is 45.8 Å². The first-order chi connectivity index (χ1) is 12.4.